The van der Waals surface area contributed by atoms with Crippen molar-refractivity contribution in [3.8, 4) is 0 Å². The van der Waals surface area contributed by atoms with Crippen LogP contribution in [0.1, 0.15) is 48.5 Å². The number of ether oxygens (including phenoxy) is 1. The quantitative estimate of drug-likeness (QED) is 0.457. The Balaban J connectivity index is 1.44. The van der Waals surface area contributed by atoms with Crippen LogP contribution in [0.3, 0.4) is 0 Å². The van der Waals surface area contributed by atoms with E-state index in [0.717, 1.165) is 42.3 Å². The highest BCUT2D eigenvalue weighted by Gasteiger charge is 2.35. The third-order valence-electron chi connectivity index (χ3n) is 6.58. The zero-order valence-electron chi connectivity index (χ0n) is 19.4. The molecule has 2 fully saturated rings. The predicted molar refractivity (Wildman–Crippen MR) is 134 cm³/mol. The van der Waals surface area contributed by atoms with Gasteiger partial charge in [0.2, 0.25) is 10.0 Å². The van der Waals surface area contributed by atoms with E-state index >= 15 is 0 Å². The maximum Gasteiger partial charge on any atom is 0.260 e. The number of aromatic nitrogens is 1. The molecule has 2 aromatic carbocycles. The molecule has 180 valence electrons. The van der Waals surface area contributed by atoms with Crippen LogP contribution in [-0.4, -0.2) is 56.0 Å². The van der Waals surface area contributed by atoms with Crippen molar-refractivity contribution in [2.24, 2.45) is 0 Å². The Morgan fingerprint density at radius 1 is 1.15 bits per heavy atom. The lowest BCUT2D eigenvalue weighted by Crippen LogP contribution is -2.37. The number of anilines is 1. The molecule has 1 amide bonds. The van der Waals surface area contributed by atoms with Crippen LogP contribution < -0.4 is 4.90 Å². The first-order valence-electron chi connectivity index (χ1n) is 11.8. The third kappa shape index (κ3) is 4.62. The average molecular weight is 500 g/mol. The largest absolute Gasteiger partial charge is 0.376 e. The van der Waals surface area contributed by atoms with E-state index in [9.17, 15) is 13.2 Å². The summed E-state index contributed by atoms with van der Waals surface area (Å²) in [5, 5.41) is 0.633. The van der Waals surface area contributed by atoms with E-state index in [1.807, 2.05) is 6.07 Å². The minimum Gasteiger partial charge on any atom is -0.376 e. The molecule has 1 aromatic heterocycles. The van der Waals surface area contributed by atoms with Gasteiger partial charge in [-0.25, -0.2) is 13.4 Å². The van der Waals surface area contributed by atoms with Gasteiger partial charge in [-0.3, -0.25) is 9.69 Å². The number of carbonyl (C=O) groups excluding carboxylic acids is 1. The Hall–Kier alpha value is -2.33. The highest BCUT2D eigenvalue weighted by Crippen LogP contribution is 2.33. The summed E-state index contributed by atoms with van der Waals surface area (Å²) < 4.78 is 34.0. The molecule has 1 saturated heterocycles. The van der Waals surface area contributed by atoms with Gasteiger partial charge >= 0.3 is 0 Å². The molecule has 0 radical (unpaired) electrons. The molecule has 3 aromatic rings. The lowest BCUT2D eigenvalue weighted by molar-refractivity contribution is 0.0917. The van der Waals surface area contributed by atoms with Crippen molar-refractivity contribution < 1.29 is 17.9 Å². The highest BCUT2D eigenvalue weighted by molar-refractivity contribution is 7.89. The van der Waals surface area contributed by atoms with Gasteiger partial charge in [0.05, 0.1) is 27.8 Å². The number of thiazole rings is 1. The van der Waals surface area contributed by atoms with Crippen LogP contribution in [0, 0.1) is 0 Å². The number of hydrogen-bond donors (Lipinski definition) is 0. The molecule has 0 spiro atoms. The molecule has 34 heavy (non-hydrogen) atoms. The normalized spacial score (nSPS) is 18.6. The van der Waals surface area contributed by atoms with E-state index in [4.69, 9.17) is 9.72 Å². The molecule has 1 atom stereocenters. The molecule has 1 saturated carbocycles. The third-order valence-corrected chi connectivity index (χ3v) is 9.54. The second kappa shape index (κ2) is 9.37. The number of amides is 1. The van der Waals surface area contributed by atoms with Crippen molar-refractivity contribution in [2.45, 2.75) is 56.1 Å². The maximum atomic E-state index is 13.6. The fourth-order valence-electron chi connectivity index (χ4n) is 4.26. The van der Waals surface area contributed by atoms with Crippen LogP contribution in [0.15, 0.2) is 47.4 Å². The maximum absolute atomic E-state index is 13.6. The van der Waals surface area contributed by atoms with Crippen molar-refractivity contribution >= 4 is 42.6 Å². The number of sulfonamides is 1. The van der Waals surface area contributed by atoms with Gasteiger partial charge in [0, 0.05) is 25.3 Å². The summed E-state index contributed by atoms with van der Waals surface area (Å²) in [6, 6.07) is 12.5. The van der Waals surface area contributed by atoms with Gasteiger partial charge in [0.15, 0.2) is 5.13 Å². The van der Waals surface area contributed by atoms with Gasteiger partial charge in [-0.2, -0.15) is 4.31 Å². The van der Waals surface area contributed by atoms with Gasteiger partial charge in [0.1, 0.15) is 0 Å². The van der Waals surface area contributed by atoms with Crippen LogP contribution in [0.4, 0.5) is 5.13 Å². The van der Waals surface area contributed by atoms with Crippen molar-refractivity contribution in [3.63, 3.8) is 0 Å². The van der Waals surface area contributed by atoms with E-state index in [0.29, 0.717) is 23.8 Å². The van der Waals surface area contributed by atoms with Gasteiger partial charge in [-0.1, -0.05) is 24.3 Å². The molecule has 2 aliphatic rings. The van der Waals surface area contributed by atoms with Gasteiger partial charge in [-0.05, 0) is 74.1 Å². The standard InChI is InChI=1S/C25H29N3O4S2/c1-3-17-6-13-22-23(15-17)33-25(26-22)28(16-20-5-4-14-32-20)24(29)18-7-11-21(12-8-18)34(30,31)27(2)19-9-10-19/h6-8,11-13,15,19-20H,3-5,9-10,14,16H2,1-2H3. The predicted octanol–water partition coefficient (Wildman–Crippen LogP) is 4.47. The number of hydrogen-bond acceptors (Lipinski definition) is 6. The summed E-state index contributed by atoms with van der Waals surface area (Å²) in [5.41, 5.74) is 2.53. The van der Waals surface area contributed by atoms with E-state index in [2.05, 4.69) is 19.1 Å². The van der Waals surface area contributed by atoms with Crippen LogP contribution in [0.2, 0.25) is 0 Å². The Labute approximate surface area is 204 Å². The van der Waals surface area contributed by atoms with Crippen molar-refractivity contribution in [1.82, 2.24) is 9.29 Å². The summed E-state index contributed by atoms with van der Waals surface area (Å²) in [4.78, 5) is 20.3. The Morgan fingerprint density at radius 3 is 2.56 bits per heavy atom. The summed E-state index contributed by atoms with van der Waals surface area (Å²) in [7, 11) is -1.94. The van der Waals surface area contributed by atoms with Crippen LogP contribution >= 0.6 is 11.3 Å². The number of carbonyl (C=O) groups is 1. The summed E-state index contributed by atoms with van der Waals surface area (Å²) in [6.07, 6.45) is 4.58. The minimum absolute atomic E-state index is 0.0333. The van der Waals surface area contributed by atoms with E-state index in [-0.39, 0.29) is 22.9 Å². The first kappa shape index (κ1) is 23.4. The lowest BCUT2D eigenvalue weighted by Gasteiger charge is -2.23. The van der Waals surface area contributed by atoms with Crippen molar-refractivity contribution in [2.75, 3.05) is 25.1 Å². The topological polar surface area (TPSA) is 79.8 Å². The molecule has 1 unspecified atom stereocenters. The summed E-state index contributed by atoms with van der Waals surface area (Å²) in [6.45, 7) is 3.24. The number of benzene rings is 2. The summed E-state index contributed by atoms with van der Waals surface area (Å²) in [5.74, 6) is -0.204. The zero-order valence-corrected chi connectivity index (χ0v) is 21.1. The number of rotatable bonds is 8. The van der Waals surface area contributed by atoms with E-state index < -0.39 is 10.0 Å². The fourth-order valence-corrected chi connectivity index (χ4v) is 6.71. The smallest absolute Gasteiger partial charge is 0.260 e. The second-order valence-electron chi connectivity index (χ2n) is 8.98. The monoisotopic (exact) mass is 499 g/mol. The Bertz CT molecular complexity index is 1290. The molecule has 5 rings (SSSR count). The number of nitrogens with zero attached hydrogens (tertiary/aromatic N) is 3. The first-order valence-corrected chi connectivity index (χ1v) is 14.0. The lowest BCUT2D eigenvalue weighted by atomic mass is 10.1. The molecule has 0 N–H and O–H groups in total. The molecular formula is C25H29N3O4S2. The Morgan fingerprint density at radius 2 is 1.91 bits per heavy atom. The molecule has 0 bridgehead atoms. The number of fused-ring (bicyclic) bond motifs is 1. The molecule has 9 heteroatoms. The van der Waals surface area contributed by atoms with Crippen molar-refractivity contribution in [3.05, 3.63) is 53.6 Å². The Kier molecular flexibility index (Phi) is 6.45. The molecular weight excluding hydrogens is 470 g/mol. The fraction of sp³-hybridized carbons (Fsp3) is 0.440. The minimum atomic E-state index is -3.56. The second-order valence-corrected chi connectivity index (χ2v) is 12.0. The first-order chi connectivity index (χ1) is 16.4. The number of aryl methyl sites for hydroxylation is 1. The van der Waals surface area contributed by atoms with Crippen LogP contribution in [0.25, 0.3) is 10.2 Å². The highest BCUT2D eigenvalue weighted by atomic mass is 32.2. The molecule has 2 heterocycles. The van der Waals surface area contributed by atoms with E-state index in [1.165, 1.54) is 33.3 Å². The summed E-state index contributed by atoms with van der Waals surface area (Å²) >= 11 is 1.50. The van der Waals surface area contributed by atoms with Gasteiger partial charge < -0.3 is 4.74 Å². The van der Waals surface area contributed by atoms with Crippen LogP contribution in [0.5, 0.6) is 0 Å². The zero-order chi connectivity index (χ0) is 23.9. The molecule has 1 aliphatic carbocycles. The van der Waals surface area contributed by atoms with Crippen LogP contribution in [-0.2, 0) is 21.2 Å². The SMILES string of the molecule is CCc1ccc2nc(N(CC3CCCO3)C(=O)c3ccc(S(=O)(=O)N(C)C4CC4)cc3)sc2c1. The molecule has 7 nitrogen and oxygen atoms in total. The van der Waals surface area contributed by atoms with Gasteiger partial charge in [0.25, 0.3) is 5.91 Å². The molecule has 1 aliphatic heterocycles. The van der Waals surface area contributed by atoms with E-state index in [1.54, 1.807) is 24.1 Å². The average Bonchev–Trinajstić information content (AvgIpc) is 3.40. The van der Waals surface area contributed by atoms with Crippen molar-refractivity contribution in [1.29, 1.82) is 0 Å². The van der Waals surface area contributed by atoms with Gasteiger partial charge in [-0.15, -0.1) is 0 Å².